The summed E-state index contributed by atoms with van der Waals surface area (Å²) < 4.78 is 1.66. The summed E-state index contributed by atoms with van der Waals surface area (Å²) >= 11 is 0. The number of hydrogen-bond donors (Lipinski definition) is 1. The average molecular weight is 243 g/mol. The zero-order chi connectivity index (χ0) is 13.2. The minimum absolute atomic E-state index is 0.0626. The topological polar surface area (TPSA) is 46.9 Å². The number of hydrogen-bond acceptors (Lipinski definition) is 2. The van der Waals surface area contributed by atoms with Gasteiger partial charge in [0, 0.05) is 19.3 Å². The highest BCUT2D eigenvalue weighted by molar-refractivity contribution is 5.97. The highest BCUT2D eigenvalue weighted by Crippen LogP contribution is 2.24. The van der Waals surface area contributed by atoms with Crippen molar-refractivity contribution < 1.29 is 4.79 Å². The van der Waals surface area contributed by atoms with Crippen LogP contribution in [0.5, 0.6) is 0 Å². The van der Waals surface area contributed by atoms with Crippen LogP contribution in [-0.4, -0.2) is 15.7 Å². The van der Waals surface area contributed by atoms with Gasteiger partial charge in [0.2, 0.25) is 5.91 Å². The molecule has 0 atom stereocenters. The summed E-state index contributed by atoms with van der Waals surface area (Å²) in [7, 11) is 1.82. The van der Waals surface area contributed by atoms with E-state index in [1.54, 1.807) is 16.9 Å². The van der Waals surface area contributed by atoms with Crippen molar-refractivity contribution in [1.82, 2.24) is 9.78 Å². The summed E-state index contributed by atoms with van der Waals surface area (Å²) in [5, 5.41) is 6.97. The Bertz CT molecular complexity index is 543. The van der Waals surface area contributed by atoms with Gasteiger partial charge in [-0.15, -0.1) is 0 Å². The molecule has 1 amide bonds. The van der Waals surface area contributed by atoms with Gasteiger partial charge >= 0.3 is 0 Å². The van der Waals surface area contributed by atoms with Crippen LogP contribution in [-0.2, 0) is 17.3 Å². The summed E-state index contributed by atoms with van der Waals surface area (Å²) in [6.07, 6.45) is 1.80. The molecule has 0 radical (unpaired) electrons. The monoisotopic (exact) mass is 243 g/mol. The first-order valence-electron chi connectivity index (χ1n) is 5.87. The molecule has 0 saturated heterocycles. The van der Waals surface area contributed by atoms with Crippen LogP contribution < -0.4 is 5.32 Å². The minimum Gasteiger partial charge on any atom is -0.308 e. The van der Waals surface area contributed by atoms with Crippen molar-refractivity contribution in [3.63, 3.8) is 0 Å². The van der Waals surface area contributed by atoms with E-state index in [9.17, 15) is 4.79 Å². The molecule has 2 aromatic rings. The second kappa shape index (κ2) is 4.64. The van der Waals surface area contributed by atoms with E-state index < -0.39 is 5.41 Å². The van der Waals surface area contributed by atoms with E-state index in [0.717, 1.165) is 5.56 Å². The molecule has 4 nitrogen and oxygen atoms in total. The summed E-state index contributed by atoms with van der Waals surface area (Å²) in [4.78, 5) is 12.3. The molecule has 1 aromatic heterocycles. The first-order chi connectivity index (χ1) is 8.50. The third kappa shape index (κ3) is 2.42. The Hall–Kier alpha value is -2.10. The molecule has 0 bridgehead atoms. The molecule has 1 heterocycles. The zero-order valence-corrected chi connectivity index (χ0v) is 10.8. The predicted octanol–water partition coefficient (Wildman–Crippen LogP) is 2.34. The second-order valence-electron chi connectivity index (χ2n) is 4.82. The SMILES string of the molecule is Cn1ccc(NC(=O)C(C)(C)c2ccccc2)n1. The van der Waals surface area contributed by atoms with E-state index in [2.05, 4.69) is 10.4 Å². The first kappa shape index (κ1) is 12.4. The number of aryl methyl sites for hydroxylation is 1. The lowest BCUT2D eigenvalue weighted by atomic mass is 9.84. The summed E-state index contributed by atoms with van der Waals surface area (Å²) in [6, 6.07) is 11.5. The Labute approximate surface area is 107 Å². The van der Waals surface area contributed by atoms with Crippen molar-refractivity contribution in [2.75, 3.05) is 5.32 Å². The molecule has 0 fully saturated rings. The Morgan fingerprint density at radius 3 is 2.44 bits per heavy atom. The minimum atomic E-state index is -0.585. The Kier molecular flexibility index (Phi) is 3.19. The highest BCUT2D eigenvalue weighted by atomic mass is 16.2. The van der Waals surface area contributed by atoms with Crippen molar-refractivity contribution in [3.05, 3.63) is 48.2 Å². The molecule has 0 saturated carbocycles. The Morgan fingerprint density at radius 2 is 1.89 bits per heavy atom. The summed E-state index contributed by atoms with van der Waals surface area (Å²) in [6.45, 7) is 3.81. The molecule has 0 aliphatic rings. The van der Waals surface area contributed by atoms with Crippen LogP contribution in [0.4, 0.5) is 5.82 Å². The molecule has 1 N–H and O–H groups in total. The number of nitrogens with one attached hydrogen (secondary N) is 1. The van der Waals surface area contributed by atoms with Crippen molar-refractivity contribution in [2.45, 2.75) is 19.3 Å². The van der Waals surface area contributed by atoms with Gasteiger partial charge in [0.05, 0.1) is 5.41 Å². The number of carbonyl (C=O) groups excluding carboxylic acids is 1. The number of carbonyl (C=O) groups is 1. The molecule has 4 heteroatoms. The van der Waals surface area contributed by atoms with Gasteiger partial charge in [0.25, 0.3) is 0 Å². The lowest BCUT2D eigenvalue weighted by Crippen LogP contribution is -2.34. The van der Waals surface area contributed by atoms with Crippen LogP contribution in [0.2, 0.25) is 0 Å². The van der Waals surface area contributed by atoms with Crippen LogP contribution >= 0.6 is 0 Å². The van der Waals surface area contributed by atoms with E-state index in [1.807, 2.05) is 51.2 Å². The third-order valence-corrected chi connectivity index (χ3v) is 3.02. The van der Waals surface area contributed by atoms with E-state index in [-0.39, 0.29) is 5.91 Å². The van der Waals surface area contributed by atoms with Gasteiger partial charge < -0.3 is 5.32 Å². The quantitative estimate of drug-likeness (QED) is 0.899. The van der Waals surface area contributed by atoms with Crippen molar-refractivity contribution >= 4 is 11.7 Å². The summed E-state index contributed by atoms with van der Waals surface area (Å²) in [5.41, 5.74) is 0.400. The zero-order valence-electron chi connectivity index (χ0n) is 10.8. The normalized spacial score (nSPS) is 11.3. The van der Waals surface area contributed by atoms with Gasteiger partial charge in [-0.05, 0) is 19.4 Å². The molecule has 0 aliphatic carbocycles. The van der Waals surface area contributed by atoms with Crippen molar-refractivity contribution in [2.24, 2.45) is 7.05 Å². The molecule has 0 spiro atoms. The number of benzene rings is 1. The predicted molar refractivity (Wildman–Crippen MR) is 71.3 cm³/mol. The first-order valence-corrected chi connectivity index (χ1v) is 5.87. The standard InChI is InChI=1S/C14H17N3O/c1-14(2,11-7-5-4-6-8-11)13(18)15-12-9-10-17(3)16-12/h4-10H,1-3H3,(H,15,16,18). The smallest absolute Gasteiger partial charge is 0.235 e. The third-order valence-electron chi connectivity index (χ3n) is 3.02. The number of rotatable bonds is 3. The maximum Gasteiger partial charge on any atom is 0.235 e. The van der Waals surface area contributed by atoms with Crippen LogP contribution in [0.25, 0.3) is 0 Å². The van der Waals surface area contributed by atoms with E-state index in [0.29, 0.717) is 5.82 Å². The number of aromatic nitrogens is 2. The number of nitrogens with zero attached hydrogens (tertiary/aromatic N) is 2. The van der Waals surface area contributed by atoms with Crippen molar-refractivity contribution in [1.29, 1.82) is 0 Å². The Balaban J connectivity index is 2.18. The van der Waals surface area contributed by atoms with E-state index in [4.69, 9.17) is 0 Å². The van der Waals surface area contributed by atoms with Crippen LogP contribution in [0.15, 0.2) is 42.6 Å². The van der Waals surface area contributed by atoms with Crippen molar-refractivity contribution in [3.8, 4) is 0 Å². The van der Waals surface area contributed by atoms with E-state index >= 15 is 0 Å². The van der Waals surface area contributed by atoms with Gasteiger partial charge in [0.1, 0.15) is 0 Å². The molecule has 18 heavy (non-hydrogen) atoms. The van der Waals surface area contributed by atoms with Gasteiger partial charge in [-0.25, -0.2) is 0 Å². The molecular formula is C14H17N3O. The fraction of sp³-hybridized carbons (Fsp3) is 0.286. The van der Waals surface area contributed by atoms with Gasteiger partial charge in [0.15, 0.2) is 5.82 Å². The van der Waals surface area contributed by atoms with Gasteiger partial charge in [-0.1, -0.05) is 30.3 Å². The number of anilines is 1. The maximum atomic E-state index is 12.3. The summed E-state index contributed by atoms with van der Waals surface area (Å²) in [5.74, 6) is 0.513. The van der Waals surface area contributed by atoms with Crippen LogP contribution in [0, 0.1) is 0 Å². The molecule has 0 aliphatic heterocycles. The maximum absolute atomic E-state index is 12.3. The van der Waals surface area contributed by atoms with Gasteiger partial charge in [-0.3, -0.25) is 9.48 Å². The largest absolute Gasteiger partial charge is 0.308 e. The lowest BCUT2D eigenvalue weighted by Gasteiger charge is -2.23. The van der Waals surface area contributed by atoms with E-state index in [1.165, 1.54) is 0 Å². The average Bonchev–Trinajstić information content (AvgIpc) is 2.76. The fourth-order valence-electron chi connectivity index (χ4n) is 1.74. The number of amides is 1. The highest BCUT2D eigenvalue weighted by Gasteiger charge is 2.29. The fourth-order valence-corrected chi connectivity index (χ4v) is 1.74. The second-order valence-corrected chi connectivity index (χ2v) is 4.82. The molecule has 1 aromatic carbocycles. The molecule has 2 rings (SSSR count). The van der Waals surface area contributed by atoms with Crippen LogP contribution in [0.1, 0.15) is 19.4 Å². The Morgan fingerprint density at radius 1 is 1.22 bits per heavy atom. The van der Waals surface area contributed by atoms with Crippen LogP contribution in [0.3, 0.4) is 0 Å². The lowest BCUT2D eigenvalue weighted by molar-refractivity contribution is -0.120. The molecular weight excluding hydrogens is 226 g/mol. The van der Waals surface area contributed by atoms with Gasteiger partial charge in [-0.2, -0.15) is 5.10 Å². The molecule has 0 unspecified atom stereocenters. The molecule has 94 valence electrons.